The number of carboxylic acids is 1. The molecule has 1 fully saturated rings. The van der Waals surface area contributed by atoms with Crippen molar-refractivity contribution in [2.45, 2.75) is 31.8 Å². The first-order valence-corrected chi connectivity index (χ1v) is 9.56. The molecule has 8 heteroatoms. The number of rotatable bonds is 7. The van der Waals surface area contributed by atoms with Crippen molar-refractivity contribution in [2.75, 3.05) is 6.61 Å². The van der Waals surface area contributed by atoms with Gasteiger partial charge in [0.1, 0.15) is 12.3 Å². The van der Waals surface area contributed by atoms with E-state index in [1.165, 1.54) is 0 Å². The average Bonchev–Trinajstić information content (AvgIpc) is 3.34. The summed E-state index contributed by atoms with van der Waals surface area (Å²) in [5, 5.41) is 9.58. The summed E-state index contributed by atoms with van der Waals surface area (Å²) in [6.07, 6.45) is 2.51. The second kappa shape index (κ2) is 8.00. The zero-order valence-electron chi connectivity index (χ0n) is 15.8. The van der Waals surface area contributed by atoms with E-state index in [2.05, 4.69) is 9.97 Å². The van der Waals surface area contributed by atoms with Crippen LogP contribution in [0.4, 0.5) is 0 Å². The lowest BCUT2D eigenvalue weighted by Gasteiger charge is -2.17. The maximum Gasteiger partial charge on any atom is 0.329 e. The van der Waals surface area contributed by atoms with Crippen LogP contribution in [-0.4, -0.2) is 38.5 Å². The van der Waals surface area contributed by atoms with Gasteiger partial charge >= 0.3 is 5.97 Å². The van der Waals surface area contributed by atoms with Crippen LogP contribution in [0, 0.1) is 5.92 Å². The highest BCUT2D eigenvalue weighted by molar-refractivity contribution is 5.84. The Morgan fingerprint density at radius 3 is 2.72 bits per heavy atom. The molecule has 3 aromatic rings. The Balaban J connectivity index is 1.79. The fourth-order valence-electron chi connectivity index (χ4n) is 4.04. The second-order valence-corrected chi connectivity index (χ2v) is 7.29. The number of amides is 1. The summed E-state index contributed by atoms with van der Waals surface area (Å²) in [7, 11) is 0. The first kappa shape index (κ1) is 19.1. The lowest BCUT2D eigenvalue weighted by molar-refractivity contribution is -0.142. The fourth-order valence-corrected chi connectivity index (χ4v) is 4.04. The van der Waals surface area contributed by atoms with E-state index < -0.39 is 5.97 Å². The number of nitrogens with zero attached hydrogens (tertiary/aromatic N) is 2. The third-order valence-electron chi connectivity index (χ3n) is 5.32. The number of hydrogen-bond donors (Lipinski definition) is 3. The van der Waals surface area contributed by atoms with E-state index >= 15 is 0 Å². The molecule has 8 nitrogen and oxygen atoms in total. The number of hydrogen-bond acceptors (Lipinski definition) is 5. The van der Waals surface area contributed by atoms with Gasteiger partial charge in [0.05, 0.1) is 12.3 Å². The molecular weight excluding hydrogens is 372 g/mol. The molecule has 2 atom stereocenters. The number of aliphatic carboxylic acids is 1. The van der Waals surface area contributed by atoms with Crippen molar-refractivity contribution in [1.29, 1.82) is 0 Å². The highest BCUT2D eigenvalue weighted by Crippen LogP contribution is 2.41. The van der Waals surface area contributed by atoms with Crippen LogP contribution in [0.2, 0.25) is 0 Å². The molecule has 4 rings (SSSR count). The van der Waals surface area contributed by atoms with Crippen molar-refractivity contribution in [2.24, 2.45) is 11.7 Å². The van der Waals surface area contributed by atoms with E-state index in [4.69, 9.17) is 20.6 Å². The van der Waals surface area contributed by atoms with Gasteiger partial charge in [0.15, 0.2) is 5.82 Å². The Morgan fingerprint density at radius 2 is 2.00 bits per heavy atom. The molecule has 1 unspecified atom stereocenters. The van der Waals surface area contributed by atoms with Crippen LogP contribution in [0.15, 0.2) is 36.4 Å². The number of primary amides is 1. The molecule has 1 aliphatic rings. The van der Waals surface area contributed by atoms with Crippen LogP contribution < -0.4 is 5.73 Å². The summed E-state index contributed by atoms with van der Waals surface area (Å²) in [6, 6.07) is 11.5. The molecular formula is C21H22N4O4. The molecule has 1 aliphatic carbocycles. The second-order valence-electron chi connectivity index (χ2n) is 7.29. The summed E-state index contributed by atoms with van der Waals surface area (Å²) < 4.78 is 5.20. The molecule has 4 N–H and O–H groups in total. The lowest BCUT2D eigenvalue weighted by Crippen LogP contribution is -2.25. The summed E-state index contributed by atoms with van der Waals surface area (Å²) in [6.45, 7) is -0.262. The molecule has 0 bridgehead atoms. The van der Waals surface area contributed by atoms with Gasteiger partial charge in [-0.3, -0.25) is 4.79 Å². The molecule has 0 radical (unpaired) electrons. The largest absolute Gasteiger partial charge is 0.480 e. The topological polar surface area (TPSA) is 131 Å². The number of carboxylic acid groups (broad SMARTS) is 1. The first-order chi connectivity index (χ1) is 14.0. The maximum absolute atomic E-state index is 12.0. The van der Waals surface area contributed by atoms with E-state index in [9.17, 15) is 9.59 Å². The van der Waals surface area contributed by atoms with Gasteiger partial charge in [-0.1, -0.05) is 36.8 Å². The number of nitrogens with two attached hydrogens (primary N) is 1. The van der Waals surface area contributed by atoms with Crippen LogP contribution in [0.1, 0.15) is 36.6 Å². The van der Waals surface area contributed by atoms with Crippen molar-refractivity contribution >= 4 is 22.9 Å². The number of carbonyl (C=O) groups is 2. The molecule has 1 amide bonds. The van der Waals surface area contributed by atoms with Crippen LogP contribution in [0.25, 0.3) is 22.4 Å². The van der Waals surface area contributed by atoms with E-state index in [1.807, 2.05) is 36.4 Å². The monoisotopic (exact) mass is 394 g/mol. The SMILES string of the molecule is NC(=O)[C@@H]1CCCC1c1nc(-c2ccccc2)nc2[nH]c(COCC(=O)O)cc12. The minimum absolute atomic E-state index is 0.0657. The molecule has 150 valence electrons. The average molecular weight is 394 g/mol. The van der Waals surface area contributed by atoms with Gasteiger partial charge in [0.2, 0.25) is 5.91 Å². The van der Waals surface area contributed by atoms with Crippen molar-refractivity contribution < 1.29 is 19.4 Å². The van der Waals surface area contributed by atoms with Gasteiger partial charge in [-0.25, -0.2) is 14.8 Å². The number of benzene rings is 1. The molecule has 0 saturated heterocycles. The van der Waals surface area contributed by atoms with Gasteiger partial charge in [-0.05, 0) is 18.9 Å². The molecule has 0 aliphatic heterocycles. The summed E-state index contributed by atoms with van der Waals surface area (Å²) in [5.41, 5.74) is 8.67. The Kier molecular flexibility index (Phi) is 5.26. The molecule has 2 aromatic heterocycles. The quantitative estimate of drug-likeness (QED) is 0.564. The van der Waals surface area contributed by atoms with Crippen LogP contribution in [-0.2, 0) is 20.9 Å². The summed E-state index contributed by atoms with van der Waals surface area (Å²) >= 11 is 0. The Bertz CT molecular complexity index is 1050. The zero-order valence-corrected chi connectivity index (χ0v) is 15.8. The van der Waals surface area contributed by atoms with E-state index in [-0.39, 0.29) is 31.0 Å². The lowest BCUT2D eigenvalue weighted by atomic mass is 9.90. The molecule has 2 heterocycles. The summed E-state index contributed by atoms with van der Waals surface area (Å²) in [4.78, 5) is 35.4. The van der Waals surface area contributed by atoms with E-state index in [0.29, 0.717) is 17.2 Å². The normalized spacial score (nSPS) is 18.9. The first-order valence-electron chi connectivity index (χ1n) is 9.56. The van der Waals surface area contributed by atoms with Crippen LogP contribution >= 0.6 is 0 Å². The predicted molar refractivity (Wildman–Crippen MR) is 106 cm³/mol. The number of ether oxygens (including phenoxy) is 1. The van der Waals surface area contributed by atoms with Gasteiger partial charge < -0.3 is 20.6 Å². The van der Waals surface area contributed by atoms with Crippen LogP contribution in [0.3, 0.4) is 0 Å². The smallest absolute Gasteiger partial charge is 0.329 e. The number of nitrogens with one attached hydrogen (secondary N) is 1. The molecule has 29 heavy (non-hydrogen) atoms. The van der Waals surface area contributed by atoms with Crippen molar-refractivity contribution in [1.82, 2.24) is 15.0 Å². The maximum atomic E-state index is 12.0. The third kappa shape index (κ3) is 3.97. The Morgan fingerprint density at radius 1 is 1.21 bits per heavy atom. The standard InChI is InChI=1S/C21H22N4O4/c22-19(28)15-8-4-7-14(15)18-16-9-13(10-29-11-17(26)27)23-21(16)25-20(24-18)12-5-2-1-3-6-12/h1-3,5-6,9,14-15H,4,7-8,10-11H2,(H2,22,28)(H,26,27)(H,23,24,25)/t14?,15-/m1/s1. The van der Waals surface area contributed by atoms with E-state index in [1.54, 1.807) is 0 Å². The third-order valence-corrected chi connectivity index (χ3v) is 5.32. The number of carbonyl (C=O) groups excluding carboxylic acids is 1. The fraction of sp³-hybridized carbons (Fsp3) is 0.333. The minimum Gasteiger partial charge on any atom is -0.480 e. The molecule has 1 aromatic carbocycles. The number of aromatic amines is 1. The molecule has 1 saturated carbocycles. The van der Waals surface area contributed by atoms with Crippen molar-refractivity contribution in [3.8, 4) is 11.4 Å². The Labute approximate surface area is 167 Å². The van der Waals surface area contributed by atoms with Gasteiger partial charge in [-0.2, -0.15) is 0 Å². The van der Waals surface area contributed by atoms with Gasteiger partial charge in [0.25, 0.3) is 0 Å². The highest BCUT2D eigenvalue weighted by atomic mass is 16.5. The number of H-pyrrole nitrogens is 1. The number of fused-ring (bicyclic) bond motifs is 1. The van der Waals surface area contributed by atoms with Gasteiger partial charge in [0, 0.05) is 28.5 Å². The van der Waals surface area contributed by atoms with E-state index in [0.717, 1.165) is 35.9 Å². The summed E-state index contributed by atoms with van der Waals surface area (Å²) in [5.74, 6) is -1.07. The van der Waals surface area contributed by atoms with Crippen molar-refractivity contribution in [3.63, 3.8) is 0 Å². The number of aromatic nitrogens is 3. The Hall–Kier alpha value is -3.26. The minimum atomic E-state index is -1.02. The van der Waals surface area contributed by atoms with Crippen LogP contribution in [0.5, 0.6) is 0 Å². The predicted octanol–water partition coefficient (Wildman–Crippen LogP) is 2.60. The van der Waals surface area contributed by atoms with Crippen molar-refractivity contribution in [3.05, 3.63) is 47.8 Å². The van der Waals surface area contributed by atoms with Gasteiger partial charge in [-0.15, -0.1) is 0 Å². The highest BCUT2D eigenvalue weighted by Gasteiger charge is 2.35. The zero-order chi connectivity index (χ0) is 20.4. The molecule has 0 spiro atoms.